The van der Waals surface area contributed by atoms with E-state index in [-0.39, 0.29) is 5.56 Å². The Morgan fingerprint density at radius 2 is 2.25 bits per heavy atom. The molecule has 20 heavy (non-hydrogen) atoms. The molecule has 1 aromatic carbocycles. The van der Waals surface area contributed by atoms with E-state index in [1.165, 1.54) is 12.1 Å². The van der Waals surface area contributed by atoms with Crippen molar-refractivity contribution >= 4 is 5.97 Å². The molecule has 1 aliphatic heterocycles. The summed E-state index contributed by atoms with van der Waals surface area (Å²) in [6.07, 6.45) is 3.50. The molecule has 4 nitrogen and oxygen atoms in total. The highest BCUT2D eigenvalue weighted by Gasteiger charge is 2.27. The fraction of sp³-hybridized carbons (Fsp3) is 0.467. The van der Waals surface area contributed by atoms with Gasteiger partial charge in [-0.05, 0) is 37.1 Å². The number of nitrogens with zero attached hydrogens (tertiary/aromatic N) is 2. The summed E-state index contributed by atoms with van der Waals surface area (Å²) in [4.78, 5) is 13.2. The van der Waals surface area contributed by atoms with Crippen LogP contribution in [-0.2, 0) is 11.3 Å². The number of rotatable bonds is 3. The van der Waals surface area contributed by atoms with Gasteiger partial charge < -0.3 is 5.11 Å². The van der Waals surface area contributed by atoms with Crippen molar-refractivity contribution in [2.24, 2.45) is 0 Å². The third kappa shape index (κ3) is 3.34. The van der Waals surface area contributed by atoms with E-state index in [0.29, 0.717) is 25.1 Å². The molecule has 0 spiro atoms. The molecule has 1 atom stereocenters. The summed E-state index contributed by atoms with van der Waals surface area (Å²) < 4.78 is 13.1. The molecule has 0 aromatic heterocycles. The molecule has 0 amide bonds. The second-order valence-corrected chi connectivity index (χ2v) is 5.09. The van der Waals surface area contributed by atoms with Gasteiger partial charge in [-0.2, -0.15) is 5.26 Å². The highest BCUT2D eigenvalue weighted by atomic mass is 19.1. The first-order valence-electron chi connectivity index (χ1n) is 6.77. The van der Waals surface area contributed by atoms with Gasteiger partial charge in [0.2, 0.25) is 0 Å². The van der Waals surface area contributed by atoms with Crippen LogP contribution >= 0.6 is 0 Å². The number of hydrogen-bond acceptors (Lipinski definition) is 3. The number of benzene rings is 1. The first-order valence-corrected chi connectivity index (χ1v) is 6.77. The Labute approximate surface area is 117 Å². The topological polar surface area (TPSA) is 64.3 Å². The number of nitriles is 1. The van der Waals surface area contributed by atoms with Crippen LogP contribution in [0.5, 0.6) is 0 Å². The molecule has 1 N–H and O–H groups in total. The lowest BCUT2D eigenvalue weighted by Crippen LogP contribution is -2.40. The summed E-state index contributed by atoms with van der Waals surface area (Å²) in [6.45, 7) is 1.07. The number of carboxylic acids is 1. The van der Waals surface area contributed by atoms with Gasteiger partial charge in [0.25, 0.3) is 0 Å². The third-order valence-electron chi connectivity index (χ3n) is 3.71. The molecule has 0 radical (unpaired) electrons. The quantitative estimate of drug-likeness (QED) is 0.921. The summed E-state index contributed by atoms with van der Waals surface area (Å²) in [6, 6.07) is 5.53. The predicted octanol–water partition coefficient (Wildman–Crippen LogP) is 2.53. The normalized spacial score (nSPS) is 20.1. The van der Waals surface area contributed by atoms with Crippen molar-refractivity contribution in [3.8, 4) is 6.07 Å². The van der Waals surface area contributed by atoms with Crippen LogP contribution in [0.25, 0.3) is 0 Å². The fourth-order valence-electron chi connectivity index (χ4n) is 2.65. The maximum Gasteiger partial charge on any atom is 0.320 e. The van der Waals surface area contributed by atoms with Crippen LogP contribution in [0, 0.1) is 17.1 Å². The smallest absolute Gasteiger partial charge is 0.320 e. The van der Waals surface area contributed by atoms with Crippen LogP contribution in [-0.4, -0.2) is 28.6 Å². The molecule has 1 aromatic rings. The first kappa shape index (κ1) is 14.5. The first-order chi connectivity index (χ1) is 9.61. The van der Waals surface area contributed by atoms with Gasteiger partial charge >= 0.3 is 5.97 Å². The van der Waals surface area contributed by atoms with Crippen LogP contribution in [0.1, 0.15) is 36.8 Å². The van der Waals surface area contributed by atoms with Gasteiger partial charge in [0.05, 0.1) is 11.6 Å². The van der Waals surface area contributed by atoms with Crippen LogP contribution in [0.2, 0.25) is 0 Å². The van der Waals surface area contributed by atoms with Crippen LogP contribution in [0.15, 0.2) is 18.2 Å². The molecule has 5 heteroatoms. The van der Waals surface area contributed by atoms with Crippen LogP contribution in [0.3, 0.4) is 0 Å². The predicted molar refractivity (Wildman–Crippen MR) is 71.4 cm³/mol. The summed E-state index contributed by atoms with van der Waals surface area (Å²) in [7, 11) is 0. The number of likely N-dealkylation sites (tertiary alicyclic amines) is 1. The van der Waals surface area contributed by atoms with E-state index in [2.05, 4.69) is 0 Å². The number of carboxylic acid groups (broad SMARTS) is 1. The molecular weight excluding hydrogens is 259 g/mol. The van der Waals surface area contributed by atoms with Gasteiger partial charge in [-0.15, -0.1) is 0 Å². The summed E-state index contributed by atoms with van der Waals surface area (Å²) in [5, 5.41) is 18.4. The molecule has 0 aliphatic carbocycles. The second kappa shape index (κ2) is 6.49. The summed E-state index contributed by atoms with van der Waals surface area (Å²) >= 11 is 0. The maximum atomic E-state index is 13.1. The molecule has 2 rings (SSSR count). The average molecular weight is 276 g/mol. The lowest BCUT2D eigenvalue weighted by Gasteiger charge is -2.27. The van der Waals surface area contributed by atoms with Crippen molar-refractivity contribution < 1.29 is 14.3 Å². The average Bonchev–Trinajstić information content (AvgIpc) is 2.66. The lowest BCUT2D eigenvalue weighted by atomic mass is 10.1. The third-order valence-corrected chi connectivity index (χ3v) is 3.71. The van der Waals surface area contributed by atoms with Crippen molar-refractivity contribution in [2.45, 2.75) is 38.3 Å². The molecule has 0 saturated carbocycles. The van der Waals surface area contributed by atoms with Crippen molar-refractivity contribution in [1.29, 1.82) is 5.26 Å². The highest BCUT2D eigenvalue weighted by molar-refractivity contribution is 5.73. The maximum absolute atomic E-state index is 13.1. The minimum Gasteiger partial charge on any atom is -0.480 e. The number of halogens is 1. The van der Waals surface area contributed by atoms with E-state index in [0.717, 1.165) is 19.3 Å². The fourth-order valence-corrected chi connectivity index (χ4v) is 2.65. The lowest BCUT2D eigenvalue weighted by molar-refractivity contribution is -0.143. The molecule has 106 valence electrons. The number of hydrogen-bond donors (Lipinski definition) is 1. The minimum absolute atomic E-state index is 0.276. The molecule has 1 aliphatic rings. The molecule has 1 unspecified atom stereocenters. The largest absolute Gasteiger partial charge is 0.480 e. The monoisotopic (exact) mass is 276 g/mol. The molecule has 0 bridgehead atoms. The van der Waals surface area contributed by atoms with E-state index in [4.69, 9.17) is 5.26 Å². The number of aliphatic carboxylic acids is 1. The molecular formula is C15H17FN2O2. The Kier molecular flexibility index (Phi) is 4.70. The van der Waals surface area contributed by atoms with Gasteiger partial charge in [0.15, 0.2) is 0 Å². The second-order valence-electron chi connectivity index (χ2n) is 5.09. The van der Waals surface area contributed by atoms with E-state index < -0.39 is 17.8 Å². The Balaban J connectivity index is 2.22. The Bertz CT molecular complexity index is 539. The minimum atomic E-state index is -0.826. The zero-order valence-electron chi connectivity index (χ0n) is 11.2. The van der Waals surface area contributed by atoms with Gasteiger partial charge in [-0.1, -0.05) is 18.9 Å². The van der Waals surface area contributed by atoms with Crippen molar-refractivity contribution in [1.82, 2.24) is 4.90 Å². The van der Waals surface area contributed by atoms with Crippen LogP contribution < -0.4 is 0 Å². The summed E-state index contributed by atoms with van der Waals surface area (Å²) in [5.74, 6) is -1.27. The standard InChI is InChI=1S/C15H17FN2O2/c16-13-6-5-11(12(8-13)9-17)10-18-7-3-1-2-4-14(18)15(19)20/h5-6,8,14H,1-4,7,10H2,(H,19,20). The van der Waals surface area contributed by atoms with Crippen molar-refractivity contribution in [3.05, 3.63) is 35.1 Å². The number of carbonyl (C=O) groups is 1. The van der Waals surface area contributed by atoms with Gasteiger partial charge in [0.1, 0.15) is 11.9 Å². The highest BCUT2D eigenvalue weighted by Crippen LogP contribution is 2.21. The molecule has 1 fully saturated rings. The van der Waals surface area contributed by atoms with Gasteiger partial charge in [-0.3, -0.25) is 9.69 Å². The Morgan fingerprint density at radius 1 is 1.45 bits per heavy atom. The van der Waals surface area contributed by atoms with E-state index >= 15 is 0 Å². The zero-order valence-corrected chi connectivity index (χ0v) is 11.2. The SMILES string of the molecule is N#Cc1cc(F)ccc1CN1CCCCCC1C(=O)O. The Hall–Kier alpha value is -1.93. The zero-order chi connectivity index (χ0) is 14.5. The molecule has 1 saturated heterocycles. The van der Waals surface area contributed by atoms with E-state index in [9.17, 15) is 14.3 Å². The van der Waals surface area contributed by atoms with Gasteiger partial charge in [0, 0.05) is 6.54 Å². The van der Waals surface area contributed by atoms with E-state index in [1.54, 1.807) is 6.07 Å². The summed E-state index contributed by atoms with van der Waals surface area (Å²) in [5.41, 5.74) is 0.959. The van der Waals surface area contributed by atoms with Crippen LogP contribution in [0.4, 0.5) is 4.39 Å². The van der Waals surface area contributed by atoms with Crippen molar-refractivity contribution in [3.63, 3.8) is 0 Å². The Morgan fingerprint density at radius 3 is 2.95 bits per heavy atom. The van der Waals surface area contributed by atoms with Gasteiger partial charge in [-0.25, -0.2) is 4.39 Å². The molecule has 1 heterocycles. The van der Waals surface area contributed by atoms with E-state index in [1.807, 2.05) is 11.0 Å². The van der Waals surface area contributed by atoms with Crippen molar-refractivity contribution in [2.75, 3.05) is 6.54 Å².